The van der Waals surface area contributed by atoms with Crippen molar-refractivity contribution < 1.29 is 0 Å². The summed E-state index contributed by atoms with van der Waals surface area (Å²) in [7, 11) is 0. The third-order valence-corrected chi connectivity index (χ3v) is 4.22. The van der Waals surface area contributed by atoms with Crippen LogP contribution in [0.2, 0.25) is 0 Å². The summed E-state index contributed by atoms with van der Waals surface area (Å²) in [6.45, 7) is 8.47. The molecular weight excluding hydrogens is 196 g/mol. The molecule has 16 heavy (non-hydrogen) atoms. The van der Waals surface area contributed by atoms with Crippen LogP contribution in [0.3, 0.4) is 0 Å². The summed E-state index contributed by atoms with van der Waals surface area (Å²) < 4.78 is 0. The quantitative estimate of drug-likeness (QED) is 0.810. The average molecular weight is 216 g/mol. The van der Waals surface area contributed by atoms with Gasteiger partial charge in [-0.3, -0.25) is 4.90 Å². The molecule has 2 saturated heterocycles. The van der Waals surface area contributed by atoms with Gasteiger partial charge < -0.3 is 5.32 Å². The van der Waals surface area contributed by atoms with Crippen molar-refractivity contribution >= 4 is 0 Å². The fourth-order valence-electron chi connectivity index (χ4n) is 3.24. The van der Waals surface area contributed by atoms with Gasteiger partial charge in [0.25, 0.3) is 0 Å². The summed E-state index contributed by atoms with van der Waals surface area (Å²) in [5.74, 6) is 0.858. The third kappa shape index (κ3) is 1.76. The van der Waals surface area contributed by atoms with E-state index in [0.29, 0.717) is 5.41 Å². The Morgan fingerprint density at radius 2 is 2.19 bits per heavy atom. The van der Waals surface area contributed by atoms with E-state index >= 15 is 0 Å². The van der Waals surface area contributed by atoms with Crippen LogP contribution in [0.5, 0.6) is 0 Å². The average Bonchev–Trinajstić information content (AvgIpc) is 2.74. The van der Waals surface area contributed by atoms with Gasteiger partial charge in [-0.1, -0.05) is 37.3 Å². The molecule has 2 heterocycles. The minimum absolute atomic E-state index is 0.523. The molecule has 0 amide bonds. The summed E-state index contributed by atoms with van der Waals surface area (Å²) in [6.07, 6.45) is 0. The van der Waals surface area contributed by atoms with Crippen molar-refractivity contribution in [2.24, 2.45) is 11.3 Å². The zero-order chi connectivity index (χ0) is 11.0. The predicted octanol–water partition coefficient (Wildman–Crippen LogP) is 1.73. The van der Waals surface area contributed by atoms with Crippen molar-refractivity contribution in [2.45, 2.75) is 13.5 Å². The summed E-state index contributed by atoms with van der Waals surface area (Å²) in [6, 6.07) is 10.8. The van der Waals surface area contributed by atoms with E-state index in [1.54, 1.807) is 0 Å². The number of likely N-dealkylation sites (tertiary alicyclic amines) is 1. The largest absolute Gasteiger partial charge is 0.316 e. The van der Waals surface area contributed by atoms with Crippen molar-refractivity contribution in [1.82, 2.24) is 10.2 Å². The lowest BCUT2D eigenvalue weighted by Gasteiger charge is -2.22. The molecule has 1 aromatic rings. The minimum Gasteiger partial charge on any atom is -0.316 e. The molecule has 2 aliphatic heterocycles. The molecule has 2 fully saturated rings. The van der Waals surface area contributed by atoms with Gasteiger partial charge in [0.15, 0.2) is 0 Å². The fraction of sp³-hybridized carbons (Fsp3) is 0.571. The van der Waals surface area contributed by atoms with Crippen LogP contribution in [0.15, 0.2) is 30.3 Å². The second-order valence-corrected chi connectivity index (χ2v) is 5.64. The Bertz CT molecular complexity index is 362. The Morgan fingerprint density at radius 1 is 1.38 bits per heavy atom. The number of fused-ring (bicyclic) bond motifs is 1. The lowest BCUT2D eigenvalue weighted by molar-refractivity contribution is 0.272. The van der Waals surface area contributed by atoms with E-state index in [9.17, 15) is 0 Å². The first-order chi connectivity index (χ1) is 7.76. The number of hydrogen-bond acceptors (Lipinski definition) is 2. The number of benzene rings is 1. The Labute approximate surface area is 97.6 Å². The Kier molecular flexibility index (Phi) is 2.49. The van der Waals surface area contributed by atoms with E-state index < -0.39 is 0 Å². The van der Waals surface area contributed by atoms with E-state index in [0.717, 1.165) is 12.5 Å². The fourth-order valence-corrected chi connectivity index (χ4v) is 3.24. The summed E-state index contributed by atoms with van der Waals surface area (Å²) in [5.41, 5.74) is 1.97. The molecule has 2 heteroatoms. The number of nitrogens with zero attached hydrogens (tertiary/aromatic N) is 1. The Morgan fingerprint density at radius 3 is 2.94 bits per heavy atom. The zero-order valence-corrected chi connectivity index (χ0v) is 9.95. The molecule has 0 saturated carbocycles. The second-order valence-electron chi connectivity index (χ2n) is 5.64. The molecule has 0 aliphatic carbocycles. The monoisotopic (exact) mass is 216 g/mol. The first kappa shape index (κ1) is 10.3. The molecule has 0 radical (unpaired) electrons. The first-order valence-corrected chi connectivity index (χ1v) is 6.23. The molecule has 86 valence electrons. The van der Waals surface area contributed by atoms with Crippen LogP contribution in [-0.4, -0.2) is 31.1 Å². The standard InChI is InChI=1S/C14H20N2/c1-14-10-15-7-13(14)9-16(11-14)8-12-5-3-2-4-6-12/h2-6,13,15H,7-11H2,1H3. The van der Waals surface area contributed by atoms with Gasteiger partial charge in [0.05, 0.1) is 0 Å². The Hall–Kier alpha value is -0.860. The highest BCUT2D eigenvalue weighted by Gasteiger charge is 2.45. The maximum atomic E-state index is 3.52. The van der Waals surface area contributed by atoms with Gasteiger partial charge in [-0.2, -0.15) is 0 Å². The molecule has 0 spiro atoms. The lowest BCUT2D eigenvalue weighted by atomic mass is 9.83. The second kappa shape index (κ2) is 3.86. The maximum Gasteiger partial charge on any atom is 0.0234 e. The van der Waals surface area contributed by atoms with Gasteiger partial charge in [0.2, 0.25) is 0 Å². The molecule has 3 rings (SSSR count). The summed E-state index contributed by atoms with van der Waals surface area (Å²) >= 11 is 0. The van der Waals surface area contributed by atoms with Gasteiger partial charge in [-0.15, -0.1) is 0 Å². The summed E-state index contributed by atoms with van der Waals surface area (Å²) in [5, 5.41) is 3.52. The number of hydrogen-bond donors (Lipinski definition) is 1. The van der Waals surface area contributed by atoms with Gasteiger partial charge >= 0.3 is 0 Å². The SMILES string of the molecule is CC12CNCC1CN(Cc1ccccc1)C2. The van der Waals surface area contributed by atoms with E-state index in [-0.39, 0.29) is 0 Å². The Balaban J connectivity index is 1.67. The van der Waals surface area contributed by atoms with Crippen molar-refractivity contribution in [2.75, 3.05) is 26.2 Å². The van der Waals surface area contributed by atoms with Gasteiger partial charge in [-0.25, -0.2) is 0 Å². The lowest BCUT2D eigenvalue weighted by Crippen LogP contribution is -2.29. The van der Waals surface area contributed by atoms with E-state index in [1.807, 2.05) is 0 Å². The van der Waals surface area contributed by atoms with Crippen LogP contribution in [0.4, 0.5) is 0 Å². The number of nitrogens with one attached hydrogen (secondary N) is 1. The van der Waals surface area contributed by atoms with Crippen molar-refractivity contribution in [3.8, 4) is 0 Å². The van der Waals surface area contributed by atoms with Crippen LogP contribution in [0.25, 0.3) is 0 Å². The van der Waals surface area contributed by atoms with Crippen LogP contribution in [-0.2, 0) is 6.54 Å². The van der Waals surface area contributed by atoms with Gasteiger partial charge in [0.1, 0.15) is 0 Å². The molecule has 1 N–H and O–H groups in total. The molecule has 2 unspecified atom stereocenters. The van der Waals surface area contributed by atoms with E-state index in [1.165, 1.54) is 31.7 Å². The van der Waals surface area contributed by atoms with Crippen LogP contribution >= 0.6 is 0 Å². The van der Waals surface area contributed by atoms with Crippen molar-refractivity contribution in [3.05, 3.63) is 35.9 Å². The van der Waals surface area contributed by atoms with Gasteiger partial charge in [0, 0.05) is 26.2 Å². The molecule has 0 bridgehead atoms. The molecule has 2 aliphatic rings. The topological polar surface area (TPSA) is 15.3 Å². The van der Waals surface area contributed by atoms with E-state index in [4.69, 9.17) is 0 Å². The maximum absolute atomic E-state index is 3.52. The molecule has 2 atom stereocenters. The highest BCUT2D eigenvalue weighted by Crippen LogP contribution is 2.38. The predicted molar refractivity (Wildman–Crippen MR) is 66.2 cm³/mol. The van der Waals surface area contributed by atoms with Crippen LogP contribution in [0, 0.1) is 11.3 Å². The molecule has 2 nitrogen and oxygen atoms in total. The van der Waals surface area contributed by atoms with Crippen molar-refractivity contribution in [3.63, 3.8) is 0 Å². The smallest absolute Gasteiger partial charge is 0.0234 e. The highest BCUT2D eigenvalue weighted by molar-refractivity contribution is 5.15. The number of rotatable bonds is 2. The van der Waals surface area contributed by atoms with E-state index in [2.05, 4.69) is 47.5 Å². The third-order valence-electron chi connectivity index (χ3n) is 4.22. The molecular formula is C14H20N2. The first-order valence-electron chi connectivity index (χ1n) is 6.23. The van der Waals surface area contributed by atoms with Crippen molar-refractivity contribution in [1.29, 1.82) is 0 Å². The van der Waals surface area contributed by atoms with Crippen LogP contribution in [0.1, 0.15) is 12.5 Å². The zero-order valence-electron chi connectivity index (χ0n) is 9.95. The normalized spacial score (nSPS) is 34.2. The highest BCUT2D eigenvalue weighted by atomic mass is 15.2. The minimum atomic E-state index is 0.523. The molecule has 0 aromatic heterocycles. The molecule has 1 aromatic carbocycles. The summed E-state index contributed by atoms with van der Waals surface area (Å²) in [4.78, 5) is 2.61. The van der Waals surface area contributed by atoms with Gasteiger partial charge in [-0.05, 0) is 23.4 Å². The van der Waals surface area contributed by atoms with Crippen LogP contribution < -0.4 is 5.32 Å².